The summed E-state index contributed by atoms with van der Waals surface area (Å²) in [5.74, 6) is -2.10. The number of para-hydroxylation sites is 1. The number of nitrogens with zero attached hydrogens (tertiary/aromatic N) is 2. The van der Waals surface area contributed by atoms with Crippen molar-refractivity contribution in [2.75, 3.05) is 4.90 Å². The molecule has 2 aromatic heterocycles. The zero-order valence-electron chi connectivity index (χ0n) is 16.6. The predicted octanol–water partition coefficient (Wildman–Crippen LogP) is 6.35. The molecule has 0 aliphatic carbocycles. The van der Waals surface area contributed by atoms with Gasteiger partial charge >= 0.3 is 0 Å². The summed E-state index contributed by atoms with van der Waals surface area (Å²) in [4.78, 5) is 21.1. The normalized spacial score (nSPS) is 11.2. The lowest BCUT2D eigenvalue weighted by atomic mass is 10.1. The van der Waals surface area contributed by atoms with Crippen LogP contribution in [0, 0.1) is 11.6 Å². The minimum Gasteiger partial charge on any atom is -0.336 e. The molecule has 0 aliphatic rings. The van der Waals surface area contributed by atoms with Crippen molar-refractivity contribution in [3.8, 4) is 0 Å². The number of rotatable bonds is 4. The van der Waals surface area contributed by atoms with Gasteiger partial charge in [-0.2, -0.15) is 0 Å². The fourth-order valence-electron chi connectivity index (χ4n) is 3.82. The predicted molar refractivity (Wildman–Crippen MR) is 124 cm³/mol. The van der Waals surface area contributed by atoms with Gasteiger partial charge in [0.2, 0.25) is 5.56 Å². The first-order valence-electron chi connectivity index (χ1n) is 9.87. The molecule has 0 atom stereocenters. The lowest BCUT2D eigenvalue weighted by molar-refractivity contribution is 0.515. The monoisotopic (exact) mass is 447 g/mol. The Morgan fingerprint density at radius 3 is 2.62 bits per heavy atom. The number of aromatic nitrogens is 2. The average molecular weight is 448 g/mol. The van der Waals surface area contributed by atoms with Gasteiger partial charge in [-0.25, -0.2) is 8.78 Å². The minimum absolute atomic E-state index is 0.157. The Balaban J connectivity index is 1.70. The van der Waals surface area contributed by atoms with Crippen molar-refractivity contribution in [2.45, 2.75) is 6.54 Å². The average Bonchev–Trinajstić information content (AvgIpc) is 2.79. The van der Waals surface area contributed by atoms with Gasteiger partial charge in [0, 0.05) is 34.1 Å². The van der Waals surface area contributed by atoms with Crippen LogP contribution in [-0.2, 0) is 6.54 Å². The highest BCUT2D eigenvalue weighted by Gasteiger charge is 2.17. The Morgan fingerprint density at radius 1 is 0.938 bits per heavy atom. The van der Waals surface area contributed by atoms with Gasteiger partial charge in [0.05, 0.1) is 22.9 Å². The summed E-state index contributed by atoms with van der Waals surface area (Å²) in [5, 5.41) is 1.91. The molecular formula is C25H16ClF2N3O. The molecular weight excluding hydrogens is 432 g/mol. The van der Waals surface area contributed by atoms with Crippen molar-refractivity contribution in [1.29, 1.82) is 0 Å². The lowest BCUT2D eigenvalue weighted by Gasteiger charge is -2.26. The third kappa shape index (κ3) is 3.69. The zero-order chi connectivity index (χ0) is 22.2. The summed E-state index contributed by atoms with van der Waals surface area (Å²) in [7, 11) is 0. The molecule has 5 rings (SSSR count). The van der Waals surface area contributed by atoms with Crippen LogP contribution in [0.2, 0.25) is 5.02 Å². The smallest absolute Gasteiger partial charge is 0.248 e. The Bertz CT molecular complexity index is 1530. The van der Waals surface area contributed by atoms with E-state index in [0.29, 0.717) is 16.0 Å². The molecule has 1 N–H and O–H groups in total. The van der Waals surface area contributed by atoms with Crippen molar-refractivity contribution >= 4 is 44.8 Å². The number of hydrogen-bond donors (Lipinski definition) is 1. The molecule has 0 bridgehead atoms. The number of hydrogen-bond acceptors (Lipinski definition) is 3. The Labute approximate surface area is 186 Å². The van der Waals surface area contributed by atoms with E-state index in [9.17, 15) is 13.6 Å². The fraction of sp³-hybridized carbons (Fsp3) is 0.0400. The number of nitrogens with one attached hydrogen (secondary N) is 1. The second-order valence-electron chi connectivity index (χ2n) is 7.39. The van der Waals surface area contributed by atoms with E-state index in [1.807, 2.05) is 47.4 Å². The Kier molecular flexibility index (Phi) is 5.07. The summed E-state index contributed by atoms with van der Waals surface area (Å²) in [5.41, 5.74) is 2.25. The molecule has 4 nitrogen and oxygen atoms in total. The molecule has 0 aliphatic heterocycles. The minimum atomic E-state index is -1.08. The van der Waals surface area contributed by atoms with Gasteiger partial charge in [0.15, 0.2) is 11.6 Å². The number of pyridine rings is 2. The topological polar surface area (TPSA) is 49.0 Å². The third-order valence-corrected chi connectivity index (χ3v) is 5.57. The van der Waals surface area contributed by atoms with Crippen LogP contribution in [0.15, 0.2) is 83.8 Å². The molecule has 0 saturated carbocycles. The number of aromatic amines is 1. The molecule has 7 heteroatoms. The first kappa shape index (κ1) is 20.2. The lowest BCUT2D eigenvalue weighted by Crippen LogP contribution is -2.19. The van der Waals surface area contributed by atoms with Crippen LogP contribution in [-0.4, -0.2) is 9.97 Å². The number of H-pyrrole nitrogens is 1. The van der Waals surface area contributed by atoms with Crippen LogP contribution in [0.3, 0.4) is 0 Å². The fourth-order valence-corrected chi connectivity index (χ4v) is 4.00. The molecule has 0 fully saturated rings. The number of anilines is 2. The van der Waals surface area contributed by atoms with Gasteiger partial charge in [-0.05, 0) is 48.0 Å². The SMILES string of the molecule is O=c1cc(CN(c2cccc(Cl)c2)c2cnc3ccccc3c2)c2ccc(F)c(F)c2[nH]1. The van der Waals surface area contributed by atoms with E-state index in [0.717, 1.165) is 28.3 Å². The highest BCUT2D eigenvalue weighted by atomic mass is 35.5. The molecule has 2 heterocycles. The van der Waals surface area contributed by atoms with Crippen molar-refractivity contribution in [1.82, 2.24) is 9.97 Å². The van der Waals surface area contributed by atoms with E-state index < -0.39 is 17.2 Å². The van der Waals surface area contributed by atoms with Gasteiger partial charge < -0.3 is 9.88 Å². The van der Waals surface area contributed by atoms with Crippen LogP contribution < -0.4 is 10.5 Å². The largest absolute Gasteiger partial charge is 0.336 e. The summed E-state index contributed by atoms with van der Waals surface area (Å²) in [6.07, 6.45) is 1.73. The molecule has 5 aromatic rings. The van der Waals surface area contributed by atoms with E-state index >= 15 is 0 Å². The third-order valence-electron chi connectivity index (χ3n) is 5.33. The molecule has 0 radical (unpaired) electrons. The molecule has 158 valence electrons. The summed E-state index contributed by atoms with van der Waals surface area (Å²) in [6.45, 7) is 0.214. The highest BCUT2D eigenvalue weighted by molar-refractivity contribution is 6.30. The maximum Gasteiger partial charge on any atom is 0.248 e. The van der Waals surface area contributed by atoms with Crippen LogP contribution >= 0.6 is 11.6 Å². The second-order valence-corrected chi connectivity index (χ2v) is 7.83. The quantitative estimate of drug-likeness (QED) is 0.349. The van der Waals surface area contributed by atoms with E-state index in [-0.39, 0.29) is 12.1 Å². The first-order valence-corrected chi connectivity index (χ1v) is 10.3. The molecule has 32 heavy (non-hydrogen) atoms. The van der Waals surface area contributed by atoms with Gasteiger partial charge in [0.1, 0.15) is 0 Å². The first-order chi connectivity index (χ1) is 15.5. The van der Waals surface area contributed by atoms with Gasteiger partial charge in [-0.15, -0.1) is 0 Å². The van der Waals surface area contributed by atoms with Crippen LogP contribution in [0.1, 0.15) is 5.56 Å². The van der Waals surface area contributed by atoms with Gasteiger partial charge in [-0.1, -0.05) is 35.9 Å². The molecule has 0 spiro atoms. The van der Waals surface area contributed by atoms with Crippen molar-refractivity contribution in [3.05, 3.63) is 112 Å². The number of benzene rings is 3. The van der Waals surface area contributed by atoms with E-state index in [4.69, 9.17) is 11.6 Å². The molecule has 0 unspecified atom stereocenters. The number of fused-ring (bicyclic) bond motifs is 2. The Morgan fingerprint density at radius 2 is 1.78 bits per heavy atom. The van der Waals surface area contributed by atoms with Gasteiger partial charge in [0.25, 0.3) is 0 Å². The number of halogens is 3. The Hall–Kier alpha value is -3.77. The van der Waals surface area contributed by atoms with Crippen LogP contribution in [0.5, 0.6) is 0 Å². The van der Waals surface area contributed by atoms with Gasteiger partial charge in [-0.3, -0.25) is 9.78 Å². The maximum atomic E-state index is 14.4. The van der Waals surface area contributed by atoms with E-state index in [1.54, 1.807) is 18.3 Å². The van der Waals surface area contributed by atoms with Crippen molar-refractivity contribution in [3.63, 3.8) is 0 Å². The maximum absolute atomic E-state index is 14.4. The van der Waals surface area contributed by atoms with E-state index in [2.05, 4.69) is 9.97 Å². The second kappa shape index (κ2) is 8.05. The van der Waals surface area contributed by atoms with E-state index in [1.165, 1.54) is 12.1 Å². The van der Waals surface area contributed by atoms with Crippen molar-refractivity contribution < 1.29 is 8.78 Å². The summed E-state index contributed by atoms with van der Waals surface area (Å²) in [6, 6.07) is 20.9. The molecule has 3 aromatic carbocycles. The van der Waals surface area contributed by atoms with Crippen LogP contribution in [0.4, 0.5) is 20.2 Å². The highest BCUT2D eigenvalue weighted by Crippen LogP contribution is 2.32. The zero-order valence-corrected chi connectivity index (χ0v) is 17.4. The molecule has 0 amide bonds. The van der Waals surface area contributed by atoms with Crippen LogP contribution in [0.25, 0.3) is 21.8 Å². The standard InChI is InChI=1S/C25H16ClF2N3O/c26-17-5-3-6-18(12-17)31(19-10-15-4-1-2-7-22(15)29-13-19)14-16-11-23(32)30-25-20(16)8-9-21(27)24(25)28/h1-13H,14H2,(H,30,32). The summed E-state index contributed by atoms with van der Waals surface area (Å²) >= 11 is 6.24. The summed E-state index contributed by atoms with van der Waals surface area (Å²) < 4.78 is 28.1. The van der Waals surface area contributed by atoms with Crippen molar-refractivity contribution in [2.24, 2.45) is 0 Å². The molecule has 0 saturated heterocycles.